The molecule has 1 heterocycles. The summed E-state index contributed by atoms with van der Waals surface area (Å²) in [6.07, 6.45) is -0.631. The number of hydrogen-bond acceptors (Lipinski definition) is 4. The molecular weight excluding hydrogens is 320 g/mol. The first kappa shape index (κ1) is 17.4. The Kier molecular flexibility index (Phi) is 5.71. The van der Waals surface area contributed by atoms with E-state index in [0.717, 1.165) is 0 Å². The van der Waals surface area contributed by atoms with E-state index in [-0.39, 0.29) is 17.6 Å². The highest BCUT2D eigenvalue weighted by atomic mass is 35.5. The molecule has 2 unspecified atom stereocenters. The normalized spacial score (nSPS) is 17.5. The second-order valence-corrected chi connectivity index (χ2v) is 6.18. The molecule has 1 fully saturated rings. The number of benzene rings is 1. The number of carbonyl (C=O) groups excluding carboxylic acids is 2. The third-order valence-electron chi connectivity index (χ3n) is 3.74. The van der Waals surface area contributed by atoms with Gasteiger partial charge in [-0.05, 0) is 38.1 Å². The number of piperazine rings is 1. The molecule has 0 spiro atoms. The zero-order chi connectivity index (χ0) is 17.0. The Morgan fingerprint density at radius 2 is 1.52 bits per heavy atom. The van der Waals surface area contributed by atoms with Crippen LogP contribution < -0.4 is 4.74 Å². The molecule has 2 atom stereocenters. The molecule has 1 aliphatic heterocycles. The van der Waals surface area contributed by atoms with E-state index < -0.39 is 11.5 Å². The standard InChI is InChI=1S/C16H21ClN2O4/c1-11(17)15(21)18-7-9-19(10-8-18)16(22)12(2)23-14-5-3-13(20)4-6-14/h3-6,11-12,20H,7-10H2,1-2H3. The molecule has 1 aromatic rings. The van der Waals surface area contributed by atoms with Crippen molar-refractivity contribution in [1.82, 2.24) is 9.80 Å². The van der Waals surface area contributed by atoms with E-state index in [9.17, 15) is 14.7 Å². The topological polar surface area (TPSA) is 70.1 Å². The quantitative estimate of drug-likeness (QED) is 0.842. The highest BCUT2D eigenvalue weighted by molar-refractivity contribution is 6.30. The summed E-state index contributed by atoms with van der Waals surface area (Å²) in [7, 11) is 0. The molecule has 0 radical (unpaired) electrons. The first-order chi connectivity index (χ1) is 10.9. The Morgan fingerprint density at radius 1 is 1.04 bits per heavy atom. The summed E-state index contributed by atoms with van der Waals surface area (Å²) in [5.41, 5.74) is 0. The van der Waals surface area contributed by atoms with Gasteiger partial charge in [0.25, 0.3) is 5.91 Å². The minimum absolute atomic E-state index is 0.104. The fraction of sp³-hybridized carbons (Fsp3) is 0.500. The molecule has 1 aromatic carbocycles. The summed E-state index contributed by atoms with van der Waals surface area (Å²) in [5, 5.41) is 8.69. The molecule has 6 nitrogen and oxygen atoms in total. The van der Waals surface area contributed by atoms with E-state index in [1.165, 1.54) is 12.1 Å². The van der Waals surface area contributed by atoms with Crippen molar-refractivity contribution in [2.75, 3.05) is 26.2 Å². The molecule has 1 aliphatic rings. The Labute approximate surface area is 140 Å². The second-order valence-electron chi connectivity index (χ2n) is 5.52. The number of nitrogens with zero attached hydrogens (tertiary/aromatic N) is 2. The zero-order valence-corrected chi connectivity index (χ0v) is 14.0. The predicted molar refractivity (Wildman–Crippen MR) is 86.7 cm³/mol. The summed E-state index contributed by atoms with van der Waals surface area (Å²) in [4.78, 5) is 27.6. The van der Waals surface area contributed by atoms with Gasteiger partial charge in [-0.1, -0.05) is 0 Å². The van der Waals surface area contributed by atoms with Gasteiger partial charge in [-0.25, -0.2) is 0 Å². The third kappa shape index (κ3) is 4.51. The third-order valence-corrected chi connectivity index (χ3v) is 3.93. The number of phenols is 1. The highest BCUT2D eigenvalue weighted by Gasteiger charge is 2.28. The number of hydrogen-bond donors (Lipinski definition) is 1. The predicted octanol–water partition coefficient (Wildman–Crippen LogP) is 1.46. The molecule has 0 aliphatic carbocycles. The Balaban J connectivity index is 1.86. The summed E-state index contributed by atoms with van der Waals surface area (Å²) < 4.78 is 5.59. The monoisotopic (exact) mass is 340 g/mol. The Bertz CT molecular complexity index is 554. The van der Waals surface area contributed by atoms with Gasteiger partial charge in [-0.15, -0.1) is 11.6 Å². The smallest absolute Gasteiger partial charge is 0.263 e. The van der Waals surface area contributed by atoms with Crippen molar-refractivity contribution < 1.29 is 19.4 Å². The number of aromatic hydroxyl groups is 1. The number of ether oxygens (including phenoxy) is 1. The van der Waals surface area contributed by atoms with Crippen molar-refractivity contribution in [2.45, 2.75) is 25.3 Å². The molecule has 0 saturated carbocycles. The fourth-order valence-corrected chi connectivity index (χ4v) is 2.57. The Morgan fingerprint density at radius 3 is 2.00 bits per heavy atom. The van der Waals surface area contributed by atoms with Gasteiger partial charge in [-0.2, -0.15) is 0 Å². The van der Waals surface area contributed by atoms with Gasteiger partial charge in [-0.3, -0.25) is 9.59 Å². The molecular formula is C16H21ClN2O4. The molecule has 0 aromatic heterocycles. The number of amides is 2. The second kappa shape index (κ2) is 7.55. The van der Waals surface area contributed by atoms with E-state index in [2.05, 4.69) is 0 Å². The minimum atomic E-state index is -0.631. The van der Waals surface area contributed by atoms with Gasteiger partial charge in [0, 0.05) is 26.2 Å². The number of halogens is 1. The van der Waals surface area contributed by atoms with Crippen LogP contribution in [0.1, 0.15) is 13.8 Å². The van der Waals surface area contributed by atoms with Crippen molar-refractivity contribution >= 4 is 23.4 Å². The first-order valence-electron chi connectivity index (χ1n) is 7.56. The van der Waals surface area contributed by atoms with Crippen molar-refractivity contribution in [3.63, 3.8) is 0 Å². The number of phenolic OH excluding ortho intramolecular Hbond substituents is 1. The number of carbonyl (C=O) groups is 2. The van der Waals surface area contributed by atoms with Crippen molar-refractivity contribution in [2.24, 2.45) is 0 Å². The lowest BCUT2D eigenvalue weighted by molar-refractivity contribution is -0.143. The maximum Gasteiger partial charge on any atom is 0.263 e. The first-order valence-corrected chi connectivity index (χ1v) is 7.99. The minimum Gasteiger partial charge on any atom is -0.508 e. The molecule has 2 rings (SSSR count). The average Bonchev–Trinajstić information content (AvgIpc) is 2.55. The number of alkyl halides is 1. The van der Waals surface area contributed by atoms with E-state index >= 15 is 0 Å². The van der Waals surface area contributed by atoms with E-state index in [4.69, 9.17) is 16.3 Å². The van der Waals surface area contributed by atoms with Gasteiger partial charge in [0.1, 0.15) is 16.9 Å². The molecule has 23 heavy (non-hydrogen) atoms. The van der Waals surface area contributed by atoms with Crippen molar-refractivity contribution in [3.8, 4) is 11.5 Å². The van der Waals surface area contributed by atoms with Crippen LogP contribution in [-0.2, 0) is 9.59 Å². The number of rotatable bonds is 4. The molecule has 1 N–H and O–H groups in total. The molecule has 2 amide bonds. The fourth-order valence-electron chi connectivity index (χ4n) is 2.44. The van der Waals surface area contributed by atoms with Crippen LogP contribution in [0.2, 0.25) is 0 Å². The summed E-state index contributed by atoms with van der Waals surface area (Å²) in [6, 6.07) is 6.23. The van der Waals surface area contributed by atoms with Crippen LogP contribution in [0.4, 0.5) is 0 Å². The van der Waals surface area contributed by atoms with Gasteiger partial charge in [0.05, 0.1) is 0 Å². The van der Waals surface area contributed by atoms with E-state index in [1.54, 1.807) is 35.8 Å². The van der Waals surface area contributed by atoms with Crippen LogP contribution in [0, 0.1) is 0 Å². The summed E-state index contributed by atoms with van der Waals surface area (Å²) in [5.74, 6) is 0.440. The molecule has 7 heteroatoms. The van der Waals surface area contributed by atoms with Gasteiger partial charge < -0.3 is 19.6 Å². The molecule has 1 saturated heterocycles. The summed E-state index contributed by atoms with van der Waals surface area (Å²) in [6.45, 7) is 5.23. The largest absolute Gasteiger partial charge is 0.508 e. The Hall–Kier alpha value is -1.95. The van der Waals surface area contributed by atoms with E-state index in [1.807, 2.05) is 0 Å². The van der Waals surface area contributed by atoms with Gasteiger partial charge in [0.15, 0.2) is 6.10 Å². The lowest BCUT2D eigenvalue weighted by Gasteiger charge is -2.36. The van der Waals surface area contributed by atoms with Crippen LogP contribution in [0.5, 0.6) is 11.5 Å². The van der Waals surface area contributed by atoms with Crippen LogP contribution in [-0.4, -0.2) is 64.4 Å². The van der Waals surface area contributed by atoms with Crippen LogP contribution in [0.25, 0.3) is 0 Å². The van der Waals surface area contributed by atoms with Crippen LogP contribution in [0.3, 0.4) is 0 Å². The highest BCUT2D eigenvalue weighted by Crippen LogP contribution is 2.18. The van der Waals surface area contributed by atoms with Crippen LogP contribution in [0.15, 0.2) is 24.3 Å². The van der Waals surface area contributed by atoms with Crippen LogP contribution >= 0.6 is 11.6 Å². The maximum absolute atomic E-state index is 12.4. The molecule has 126 valence electrons. The summed E-state index contributed by atoms with van der Waals surface area (Å²) >= 11 is 5.80. The lowest BCUT2D eigenvalue weighted by atomic mass is 10.2. The zero-order valence-electron chi connectivity index (χ0n) is 13.2. The SMILES string of the molecule is CC(Cl)C(=O)N1CCN(C(=O)C(C)Oc2ccc(O)cc2)CC1. The average molecular weight is 341 g/mol. The lowest BCUT2D eigenvalue weighted by Crippen LogP contribution is -2.54. The van der Waals surface area contributed by atoms with Crippen molar-refractivity contribution in [3.05, 3.63) is 24.3 Å². The van der Waals surface area contributed by atoms with Gasteiger partial charge in [0.2, 0.25) is 5.91 Å². The van der Waals surface area contributed by atoms with Crippen molar-refractivity contribution in [1.29, 1.82) is 0 Å². The maximum atomic E-state index is 12.4. The van der Waals surface area contributed by atoms with E-state index in [0.29, 0.717) is 31.9 Å². The van der Waals surface area contributed by atoms with Gasteiger partial charge >= 0.3 is 0 Å². The molecule has 0 bridgehead atoms.